The quantitative estimate of drug-likeness (QED) is 0.641. The summed E-state index contributed by atoms with van der Waals surface area (Å²) in [5.74, 6) is -1.36. The Hall–Kier alpha value is -3.35. The lowest BCUT2D eigenvalue weighted by atomic mass is 9.98. The summed E-state index contributed by atoms with van der Waals surface area (Å²) in [6, 6.07) is 15.4. The van der Waals surface area contributed by atoms with Gasteiger partial charge in [0.1, 0.15) is 12.6 Å². The lowest BCUT2D eigenvalue weighted by Crippen LogP contribution is -2.48. The van der Waals surface area contributed by atoms with Gasteiger partial charge in [-0.2, -0.15) is 0 Å². The molecule has 0 spiro atoms. The first-order valence-electron chi connectivity index (χ1n) is 10.5. The largest absolute Gasteiger partial charge is 0.481 e. The van der Waals surface area contributed by atoms with Crippen molar-refractivity contribution in [2.45, 2.75) is 38.1 Å². The van der Waals surface area contributed by atoms with Gasteiger partial charge in [-0.15, -0.1) is 0 Å². The number of rotatable bonds is 9. The summed E-state index contributed by atoms with van der Waals surface area (Å²) in [6.07, 6.45) is 0.333. The molecule has 7 heteroatoms. The number of alkyl carbamates (subject to hydrolysis) is 1. The molecule has 2 aromatic carbocycles. The molecule has 2 amide bonds. The number of hydrogen-bond donors (Lipinski definition) is 2. The number of ether oxygens (including phenoxy) is 1. The van der Waals surface area contributed by atoms with Gasteiger partial charge in [0.25, 0.3) is 0 Å². The van der Waals surface area contributed by atoms with Crippen LogP contribution < -0.4 is 5.32 Å². The fourth-order valence-electron chi connectivity index (χ4n) is 3.97. The first-order valence-corrected chi connectivity index (χ1v) is 10.5. The number of nitrogens with one attached hydrogen (secondary N) is 1. The average Bonchev–Trinajstić information content (AvgIpc) is 3.09. The lowest BCUT2D eigenvalue weighted by Gasteiger charge is -2.24. The maximum Gasteiger partial charge on any atom is 0.407 e. The second-order valence-electron chi connectivity index (χ2n) is 7.71. The highest BCUT2D eigenvalue weighted by atomic mass is 16.5. The van der Waals surface area contributed by atoms with Gasteiger partial charge in [-0.1, -0.05) is 61.9 Å². The zero-order valence-electron chi connectivity index (χ0n) is 17.8. The minimum atomic E-state index is -0.976. The third-order valence-electron chi connectivity index (χ3n) is 5.55. The number of carboxylic acids is 1. The summed E-state index contributed by atoms with van der Waals surface area (Å²) in [6.45, 7) is 2.17. The number of carbonyl (C=O) groups is 3. The van der Waals surface area contributed by atoms with Crippen molar-refractivity contribution in [3.05, 3.63) is 59.7 Å². The summed E-state index contributed by atoms with van der Waals surface area (Å²) < 4.78 is 5.53. The van der Waals surface area contributed by atoms with E-state index in [4.69, 9.17) is 9.84 Å². The van der Waals surface area contributed by atoms with E-state index in [9.17, 15) is 14.4 Å². The SMILES string of the molecule is CCC[C@@H](NC(=O)OCC1c2ccccc2-c2ccccc21)C(=O)N(C)CCC(=O)O. The molecule has 0 unspecified atom stereocenters. The van der Waals surface area contributed by atoms with E-state index >= 15 is 0 Å². The predicted octanol–water partition coefficient (Wildman–Crippen LogP) is 3.63. The van der Waals surface area contributed by atoms with Crippen LogP contribution in [0.3, 0.4) is 0 Å². The van der Waals surface area contributed by atoms with Crippen molar-refractivity contribution in [2.24, 2.45) is 0 Å². The van der Waals surface area contributed by atoms with E-state index in [0.29, 0.717) is 12.8 Å². The molecule has 1 aliphatic carbocycles. The van der Waals surface area contributed by atoms with E-state index < -0.39 is 18.1 Å². The van der Waals surface area contributed by atoms with Gasteiger partial charge >= 0.3 is 12.1 Å². The first-order chi connectivity index (χ1) is 14.9. The number of fused-ring (bicyclic) bond motifs is 3. The molecule has 164 valence electrons. The van der Waals surface area contributed by atoms with Gasteiger partial charge in [-0.05, 0) is 28.7 Å². The predicted molar refractivity (Wildman–Crippen MR) is 117 cm³/mol. The maximum atomic E-state index is 12.6. The number of amides is 2. The zero-order chi connectivity index (χ0) is 22.4. The maximum absolute atomic E-state index is 12.6. The van der Waals surface area contributed by atoms with Crippen molar-refractivity contribution >= 4 is 18.0 Å². The molecule has 1 aliphatic rings. The fourth-order valence-corrected chi connectivity index (χ4v) is 3.97. The molecule has 0 aliphatic heterocycles. The number of likely N-dealkylation sites (N-methyl/N-ethyl adjacent to an activating group) is 1. The highest BCUT2D eigenvalue weighted by Crippen LogP contribution is 2.44. The zero-order valence-corrected chi connectivity index (χ0v) is 17.8. The number of hydrogen-bond acceptors (Lipinski definition) is 4. The van der Waals surface area contributed by atoms with E-state index in [1.54, 1.807) is 0 Å². The number of benzene rings is 2. The highest BCUT2D eigenvalue weighted by Gasteiger charge is 2.30. The van der Waals surface area contributed by atoms with E-state index in [-0.39, 0.29) is 31.4 Å². The Kier molecular flexibility index (Phi) is 7.28. The number of carboxylic acid groups (broad SMARTS) is 1. The van der Waals surface area contributed by atoms with Gasteiger partial charge in [0.05, 0.1) is 6.42 Å². The third-order valence-corrected chi connectivity index (χ3v) is 5.55. The number of aliphatic carboxylic acids is 1. The molecule has 0 heterocycles. The summed E-state index contributed by atoms with van der Waals surface area (Å²) in [4.78, 5) is 37.2. The Morgan fingerprint density at radius 3 is 2.19 bits per heavy atom. The molecule has 0 fully saturated rings. The van der Waals surface area contributed by atoms with Crippen LogP contribution in [-0.2, 0) is 14.3 Å². The Bertz CT molecular complexity index is 913. The van der Waals surface area contributed by atoms with Crippen LogP contribution in [0.2, 0.25) is 0 Å². The number of carbonyl (C=O) groups excluding carboxylic acids is 2. The molecule has 2 aromatic rings. The molecular formula is C24H28N2O5. The van der Waals surface area contributed by atoms with Crippen molar-refractivity contribution in [2.75, 3.05) is 20.2 Å². The van der Waals surface area contributed by atoms with Gasteiger partial charge in [0.15, 0.2) is 0 Å². The molecular weight excluding hydrogens is 396 g/mol. The average molecular weight is 424 g/mol. The smallest absolute Gasteiger partial charge is 0.407 e. The van der Waals surface area contributed by atoms with Gasteiger partial charge in [-0.25, -0.2) is 4.79 Å². The van der Waals surface area contributed by atoms with Gasteiger partial charge in [0, 0.05) is 19.5 Å². The van der Waals surface area contributed by atoms with Gasteiger partial charge < -0.3 is 20.1 Å². The van der Waals surface area contributed by atoms with Gasteiger partial charge in [-0.3, -0.25) is 9.59 Å². The number of nitrogens with zero attached hydrogens (tertiary/aromatic N) is 1. The van der Waals surface area contributed by atoms with Crippen LogP contribution in [0, 0.1) is 0 Å². The van der Waals surface area contributed by atoms with Gasteiger partial charge in [0.2, 0.25) is 5.91 Å². The standard InChI is InChI=1S/C24H28N2O5/c1-3-8-21(23(29)26(2)14-13-22(27)28)25-24(30)31-15-20-18-11-6-4-9-16(18)17-10-5-7-12-19(17)20/h4-7,9-12,20-21H,3,8,13-15H2,1-2H3,(H,25,30)(H,27,28)/t21-/m1/s1. The molecule has 31 heavy (non-hydrogen) atoms. The molecule has 0 aromatic heterocycles. The highest BCUT2D eigenvalue weighted by molar-refractivity contribution is 5.86. The summed E-state index contributed by atoms with van der Waals surface area (Å²) in [5, 5.41) is 11.5. The molecule has 0 radical (unpaired) electrons. The second kappa shape index (κ2) is 10.1. The lowest BCUT2D eigenvalue weighted by molar-refractivity contribution is -0.138. The monoisotopic (exact) mass is 424 g/mol. The Morgan fingerprint density at radius 2 is 1.65 bits per heavy atom. The van der Waals surface area contributed by atoms with Crippen molar-refractivity contribution in [3.8, 4) is 11.1 Å². The van der Waals surface area contributed by atoms with Crippen LogP contribution in [-0.4, -0.2) is 54.2 Å². The van der Waals surface area contributed by atoms with Crippen LogP contribution in [0.1, 0.15) is 43.2 Å². The van der Waals surface area contributed by atoms with Crippen molar-refractivity contribution in [1.29, 1.82) is 0 Å². The minimum Gasteiger partial charge on any atom is -0.481 e. The summed E-state index contributed by atoms with van der Waals surface area (Å²) >= 11 is 0. The van der Waals surface area contributed by atoms with Crippen molar-refractivity contribution in [1.82, 2.24) is 10.2 Å². The molecule has 0 bridgehead atoms. The Morgan fingerprint density at radius 1 is 1.06 bits per heavy atom. The molecule has 1 atom stereocenters. The molecule has 7 nitrogen and oxygen atoms in total. The minimum absolute atomic E-state index is 0.0586. The van der Waals surface area contributed by atoms with Crippen molar-refractivity contribution < 1.29 is 24.2 Å². The third kappa shape index (κ3) is 5.23. The molecule has 3 rings (SSSR count). The molecule has 2 N–H and O–H groups in total. The van der Waals surface area contributed by atoms with E-state index in [1.165, 1.54) is 11.9 Å². The van der Waals surface area contributed by atoms with Crippen LogP contribution in [0.5, 0.6) is 0 Å². The first kappa shape index (κ1) is 22.3. The molecule has 0 saturated heterocycles. The van der Waals surface area contributed by atoms with E-state index in [2.05, 4.69) is 17.4 Å². The second-order valence-corrected chi connectivity index (χ2v) is 7.71. The van der Waals surface area contributed by atoms with Crippen LogP contribution in [0.15, 0.2) is 48.5 Å². The molecule has 0 saturated carbocycles. The van der Waals surface area contributed by atoms with Crippen LogP contribution >= 0.6 is 0 Å². The van der Waals surface area contributed by atoms with E-state index in [0.717, 1.165) is 22.3 Å². The topological polar surface area (TPSA) is 95.9 Å². The Balaban J connectivity index is 1.63. The normalized spacial score (nSPS) is 13.1. The van der Waals surface area contributed by atoms with Crippen LogP contribution in [0.4, 0.5) is 4.79 Å². The fraction of sp³-hybridized carbons (Fsp3) is 0.375. The summed E-state index contributed by atoms with van der Waals surface area (Å²) in [7, 11) is 1.54. The van der Waals surface area contributed by atoms with Crippen molar-refractivity contribution in [3.63, 3.8) is 0 Å². The van der Waals surface area contributed by atoms with Crippen LogP contribution in [0.25, 0.3) is 11.1 Å². The summed E-state index contributed by atoms with van der Waals surface area (Å²) in [5.41, 5.74) is 4.52. The van der Waals surface area contributed by atoms with E-state index in [1.807, 2.05) is 43.3 Å². The Labute approximate surface area is 182 Å².